The highest BCUT2D eigenvalue weighted by Gasteiger charge is 2.25. The van der Waals surface area contributed by atoms with Gasteiger partial charge in [0.05, 0.1) is 12.1 Å². The van der Waals surface area contributed by atoms with E-state index in [9.17, 15) is 4.79 Å². The molecule has 0 radical (unpaired) electrons. The van der Waals surface area contributed by atoms with Crippen LogP contribution >= 0.6 is 0 Å². The fourth-order valence-corrected chi connectivity index (χ4v) is 3.06. The smallest absolute Gasteiger partial charge is 0.257 e. The number of nitrogens with two attached hydrogens (primary N) is 1. The van der Waals surface area contributed by atoms with Crippen LogP contribution in [0.25, 0.3) is 0 Å². The average Bonchev–Trinajstić information content (AvgIpc) is 3.02. The molecule has 0 aliphatic carbocycles. The van der Waals surface area contributed by atoms with Crippen LogP contribution in [-0.2, 0) is 6.54 Å². The lowest BCUT2D eigenvalue weighted by atomic mass is 9.96. The van der Waals surface area contributed by atoms with Crippen LogP contribution in [0.1, 0.15) is 48.7 Å². The maximum Gasteiger partial charge on any atom is 0.257 e. The Bertz CT molecular complexity index is 464. The molecule has 1 fully saturated rings. The largest absolute Gasteiger partial charge is 0.467 e. The summed E-state index contributed by atoms with van der Waals surface area (Å²) in [6, 6.07) is 1.76. The van der Waals surface area contributed by atoms with Gasteiger partial charge in [-0.2, -0.15) is 0 Å². The third-order valence-corrected chi connectivity index (χ3v) is 4.47. The first-order valence-corrected chi connectivity index (χ1v) is 8.39. The zero-order chi connectivity index (χ0) is 15.9. The Labute approximate surface area is 133 Å². The molecule has 2 N–H and O–H groups in total. The predicted molar refractivity (Wildman–Crippen MR) is 87.6 cm³/mol. The molecular formula is C17H29N3O2. The molecule has 1 aliphatic rings. The summed E-state index contributed by atoms with van der Waals surface area (Å²) in [4.78, 5) is 16.8. The van der Waals surface area contributed by atoms with E-state index in [2.05, 4.69) is 18.9 Å². The second kappa shape index (κ2) is 8.34. The van der Waals surface area contributed by atoms with Gasteiger partial charge in [0.1, 0.15) is 12.0 Å². The summed E-state index contributed by atoms with van der Waals surface area (Å²) in [6.45, 7) is 6.56. The van der Waals surface area contributed by atoms with E-state index in [0.717, 1.165) is 32.5 Å². The van der Waals surface area contributed by atoms with Crippen molar-refractivity contribution < 1.29 is 9.21 Å². The second-order valence-corrected chi connectivity index (χ2v) is 6.36. The van der Waals surface area contributed by atoms with E-state index < -0.39 is 0 Å². The van der Waals surface area contributed by atoms with Gasteiger partial charge in [0.25, 0.3) is 5.91 Å². The molecule has 1 aromatic heterocycles. The van der Waals surface area contributed by atoms with Gasteiger partial charge in [0, 0.05) is 19.6 Å². The number of carbonyl (C=O) groups excluding carboxylic acids is 1. The lowest BCUT2D eigenvalue weighted by Crippen LogP contribution is -2.41. The van der Waals surface area contributed by atoms with E-state index >= 15 is 0 Å². The van der Waals surface area contributed by atoms with Crippen molar-refractivity contribution in [1.29, 1.82) is 0 Å². The summed E-state index contributed by atoms with van der Waals surface area (Å²) in [6.07, 6.45) is 6.20. The highest BCUT2D eigenvalue weighted by atomic mass is 16.3. The minimum atomic E-state index is 0.0706. The zero-order valence-electron chi connectivity index (χ0n) is 13.9. The number of hydrogen-bond donors (Lipinski definition) is 1. The number of unbranched alkanes of at least 4 members (excludes halogenated alkanes) is 1. The fourth-order valence-electron chi connectivity index (χ4n) is 3.06. The first-order valence-electron chi connectivity index (χ1n) is 8.39. The first-order chi connectivity index (χ1) is 10.6. The Hall–Kier alpha value is -1.33. The molecule has 2 rings (SSSR count). The van der Waals surface area contributed by atoms with Gasteiger partial charge in [-0.25, -0.2) is 0 Å². The third-order valence-electron chi connectivity index (χ3n) is 4.47. The quantitative estimate of drug-likeness (QED) is 0.840. The molecule has 1 aromatic rings. The summed E-state index contributed by atoms with van der Waals surface area (Å²) >= 11 is 0. The summed E-state index contributed by atoms with van der Waals surface area (Å²) in [5.74, 6) is 1.44. The van der Waals surface area contributed by atoms with Crippen molar-refractivity contribution in [3.8, 4) is 0 Å². The molecule has 5 nitrogen and oxygen atoms in total. The number of furan rings is 1. The van der Waals surface area contributed by atoms with E-state index in [4.69, 9.17) is 10.2 Å². The minimum Gasteiger partial charge on any atom is -0.467 e. The maximum absolute atomic E-state index is 12.4. The van der Waals surface area contributed by atoms with E-state index in [-0.39, 0.29) is 5.91 Å². The topological polar surface area (TPSA) is 62.7 Å². The molecule has 0 bridgehead atoms. The van der Waals surface area contributed by atoms with Crippen LogP contribution in [0.4, 0.5) is 0 Å². The van der Waals surface area contributed by atoms with E-state index in [0.29, 0.717) is 23.8 Å². The Morgan fingerprint density at radius 3 is 2.77 bits per heavy atom. The predicted octanol–water partition coefficient (Wildman–Crippen LogP) is 2.32. The number of likely N-dealkylation sites (tertiary alicyclic amines) is 1. The summed E-state index contributed by atoms with van der Waals surface area (Å²) < 4.78 is 5.26. The molecule has 124 valence electrons. The molecule has 1 saturated heterocycles. The Balaban J connectivity index is 1.77. The molecule has 0 saturated carbocycles. The average molecular weight is 307 g/mol. The monoisotopic (exact) mass is 307 g/mol. The molecule has 5 heteroatoms. The highest BCUT2D eigenvalue weighted by molar-refractivity contribution is 5.94. The Kier molecular flexibility index (Phi) is 6.46. The van der Waals surface area contributed by atoms with E-state index in [1.807, 2.05) is 4.90 Å². The molecule has 2 heterocycles. The molecule has 0 spiro atoms. The minimum absolute atomic E-state index is 0.0706. The number of nitrogens with zero attached hydrogens (tertiary/aromatic N) is 2. The standard InChI is InChI=1S/C17H29N3O2/c1-3-4-7-19(2)12-14-5-8-20(9-6-14)17(21)15-10-16(11-18)22-13-15/h10,13-14H,3-9,11-12,18H2,1-2H3. The number of rotatable bonds is 7. The molecule has 0 unspecified atom stereocenters. The van der Waals surface area contributed by atoms with Crippen LogP contribution < -0.4 is 5.73 Å². The van der Waals surface area contributed by atoms with Crippen molar-refractivity contribution >= 4 is 5.91 Å². The van der Waals surface area contributed by atoms with E-state index in [1.165, 1.54) is 25.6 Å². The summed E-state index contributed by atoms with van der Waals surface area (Å²) in [7, 11) is 2.20. The maximum atomic E-state index is 12.4. The van der Waals surface area contributed by atoms with E-state index in [1.54, 1.807) is 6.07 Å². The van der Waals surface area contributed by atoms with Crippen LogP contribution in [0.3, 0.4) is 0 Å². The zero-order valence-corrected chi connectivity index (χ0v) is 13.9. The normalized spacial score (nSPS) is 16.5. The van der Waals surface area contributed by atoms with Crippen molar-refractivity contribution in [3.05, 3.63) is 23.7 Å². The first kappa shape index (κ1) is 17.0. The van der Waals surface area contributed by atoms with Gasteiger partial charge < -0.3 is 20.0 Å². The van der Waals surface area contributed by atoms with Crippen LogP contribution in [-0.4, -0.2) is 48.9 Å². The van der Waals surface area contributed by atoms with Crippen molar-refractivity contribution in [1.82, 2.24) is 9.80 Å². The van der Waals surface area contributed by atoms with Crippen LogP contribution in [0.2, 0.25) is 0 Å². The van der Waals surface area contributed by atoms with Gasteiger partial charge in [0.2, 0.25) is 0 Å². The lowest BCUT2D eigenvalue weighted by Gasteiger charge is -2.33. The van der Waals surface area contributed by atoms with Gasteiger partial charge in [-0.3, -0.25) is 4.79 Å². The number of amides is 1. The van der Waals surface area contributed by atoms with Crippen molar-refractivity contribution in [2.24, 2.45) is 11.7 Å². The molecule has 22 heavy (non-hydrogen) atoms. The molecule has 0 atom stereocenters. The molecule has 1 aliphatic heterocycles. The van der Waals surface area contributed by atoms with Gasteiger partial charge in [-0.1, -0.05) is 13.3 Å². The Morgan fingerprint density at radius 2 is 2.18 bits per heavy atom. The van der Waals surface area contributed by atoms with Crippen LogP contribution in [0, 0.1) is 5.92 Å². The molecular weight excluding hydrogens is 278 g/mol. The van der Waals surface area contributed by atoms with Crippen LogP contribution in [0.5, 0.6) is 0 Å². The fraction of sp³-hybridized carbons (Fsp3) is 0.706. The summed E-state index contributed by atoms with van der Waals surface area (Å²) in [5.41, 5.74) is 6.14. The van der Waals surface area contributed by atoms with Gasteiger partial charge in [-0.05, 0) is 44.8 Å². The van der Waals surface area contributed by atoms with Gasteiger partial charge in [-0.15, -0.1) is 0 Å². The number of carbonyl (C=O) groups is 1. The SMILES string of the molecule is CCCCN(C)CC1CCN(C(=O)c2coc(CN)c2)CC1. The summed E-state index contributed by atoms with van der Waals surface area (Å²) in [5, 5.41) is 0. The Morgan fingerprint density at radius 1 is 1.45 bits per heavy atom. The highest BCUT2D eigenvalue weighted by Crippen LogP contribution is 2.20. The third kappa shape index (κ3) is 4.58. The van der Waals surface area contributed by atoms with Crippen molar-refractivity contribution in [2.75, 3.05) is 33.2 Å². The second-order valence-electron chi connectivity index (χ2n) is 6.36. The van der Waals surface area contributed by atoms with Crippen molar-refractivity contribution in [2.45, 2.75) is 39.2 Å². The lowest BCUT2D eigenvalue weighted by molar-refractivity contribution is 0.0672. The van der Waals surface area contributed by atoms with Gasteiger partial charge in [0.15, 0.2) is 0 Å². The molecule has 1 amide bonds. The van der Waals surface area contributed by atoms with Crippen LogP contribution in [0.15, 0.2) is 16.7 Å². The number of hydrogen-bond acceptors (Lipinski definition) is 4. The number of piperidine rings is 1. The molecule has 0 aromatic carbocycles. The van der Waals surface area contributed by atoms with Gasteiger partial charge >= 0.3 is 0 Å². The van der Waals surface area contributed by atoms with Crippen molar-refractivity contribution in [3.63, 3.8) is 0 Å².